The molecule has 0 saturated carbocycles. The number of halogens is 1. The summed E-state index contributed by atoms with van der Waals surface area (Å²) < 4.78 is 7.12. The van der Waals surface area contributed by atoms with Gasteiger partial charge in [-0.2, -0.15) is 10.1 Å². The largest absolute Gasteiger partial charge is 0.356 e. The van der Waals surface area contributed by atoms with Crippen LogP contribution in [0.5, 0.6) is 0 Å². The van der Waals surface area contributed by atoms with E-state index in [1.54, 1.807) is 18.3 Å². The van der Waals surface area contributed by atoms with Gasteiger partial charge in [-0.05, 0) is 42.7 Å². The molecule has 0 aliphatic carbocycles. The number of carbonyl (C=O) groups excluding carboxylic acids is 1. The Labute approximate surface area is 162 Å². The summed E-state index contributed by atoms with van der Waals surface area (Å²) in [7, 11) is 0. The number of aryl methyl sites for hydroxylation is 1. The lowest BCUT2D eigenvalue weighted by Gasteiger charge is -2.12. The van der Waals surface area contributed by atoms with E-state index in [-0.39, 0.29) is 5.91 Å². The number of aromatic nitrogens is 4. The van der Waals surface area contributed by atoms with E-state index in [2.05, 4.69) is 27.5 Å². The van der Waals surface area contributed by atoms with Gasteiger partial charge in [0.1, 0.15) is 0 Å². The van der Waals surface area contributed by atoms with E-state index in [1.807, 2.05) is 29.1 Å². The number of amides is 1. The summed E-state index contributed by atoms with van der Waals surface area (Å²) in [5.41, 5.74) is 0.846. The molecule has 142 valence electrons. The van der Waals surface area contributed by atoms with E-state index in [4.69, 9.17) is 16.1 Å². The van der Waals surface area contributed by atoms with E-state index < -0.39 is 0 Å². The summed E-state index contributed by atoms with van der Waals surface area (Å²) in [6, 6.07) is 9.14. The molecule has 0 spiro atoms. The molecule has 0 fully saturated rings. The molecule has 1 amide bonds. The molecule has 1 aromatic carbocycles. The zero-order valence-corrected chi connectivity index (χ0v) is 15.9. The Morgan fingerprint density at radius 2 is 2.15 bits per heavy atom. The molecule has 1 atom stereocenters. The van der Waals surface area contributed by atoms with Crippen LogP contribution in [0.2, 0.25) is 5.02 Å². The standard InChI is InChI=1S/C19H22ClN5O2/c1-14(13-25-11-3-10-22-25)12-21-17(26)4-2-5-18-23-19(24-27-18)15-6-8-16(20)9-7-15/h3,6-11,14H,2,4-5,12-13H2,1H3,(H,21,26). The Morgan fingerprint density at radius 3 is 2.89 bits per heavy atom. The molecule has 0 bridgehead atoms. The highest BCUT2D eigenvalue weighted by atomic mass is 35.5. The minimum atomic E-state index is 0.0276. The third-order valence-electron chi connectivity index (χ3n) is 4.07. The van der Waals surface area contributed by atoms with Crippen molar-refractivity contribution in [1.29, 1.82) is 0 Å². The first kappa shape index (κ1) is 19.1. The van der Waals surface area contributed by atoms with E-state index in [9.17, 15) is 4.79 Å². The minimum absolute atomic E-state index is 0.0276. The Hall–Kier alpha value is -2.67. The van der Waals surface area contributed by atoms with Gasteiger partial charge in [-0.3, -0.25) is 9.48 Å². The van der Waals surface area contributed by atoms with Crippen LogP contribution in [0.4, 0.5) is 0 Å². The van der Waals surface area contributed by atoms with Gasteiger partial charge in [-0.1, -0.05) is 23.7 Å². The number of hydrogen-bond donors (Lipinski definition) is 1. The number of nitrogens with zero attached hydrogens (tertiary/aromatic N) is 4. The molecule has 0 saturated heterocycles. The van der Waals surface area contributed by atoms with Crippen molar-refractivity contribution in [3.8, 4) is 11.4 Å². The molecule has 0 radical (unpaired) electrons. The molecule has 2 aromatic heterocycles. The van der Waals surface area contributed by atoms with Gasteiger partial charge in [0, 0.05) is 48.9 Å². The molecule has 0 aliphatic rings. The summed E-state index contributed by atoms with van der Waals surface area (Å²) in [5, 5.41) is 11.8. The van der Waals surface area contributed by atoms with Crippen LogP contribution in [-0.2, 0) is 17.8 Å². The Morgan fingerprint density at radius 1 is 1.33 bits per heavy atom. The molecule has 0 aliphatic heterocycles. The number of rotatable bonds is 9. The maximum absolute atomic E-state index is 12.0. The van der Waals surface area contributed by atoms with Crippen molar-refractivity contribution < 1.29 is 9.32 Å². The van der Waals surface area contributed by atoms with Crippen LogP contribution in [0.3, 0.4) is 0 Å². The van der Waals surface area contributed by atoms with E-state index in [0.717, 1.165) is 12.1 Å². The monoisotopic (exact) mass is 387 g/mol. The zero-order valence-electron chi connectivity index (χ0n) is 15.1. The van der Waals surface area contributed by atoms with Gasteiger partial charge in [0.05, 0.1) is 0 Å². The normalized spacial score (nSPS) is 12.1. The van der Waals surface area contributed by atoms with Crippen LogP contribution in [0.25, 0.3) is 11.4 Å². The first-order chi connectivity index (χ1) is 13.1. The number of carbonyl (C=O) groups is 1. The van der Waals surface area contributed by atoms with Gasteiger partial charge in [-0.15, -0.1) is 0 Å². The van der Waals surface area contributed by atoms with E-state index >= 15 is 0 Å². The lowest BCUT2D eigenvalue weighted by molar-refractivity contribution is -0.121. The second kappa shape index (κ2) is 9.32. The van der Waals surface area contributed by atoms with Gasteiger partial charge in [-0.25, -0.2) is 0 Å². The number of benzene rings is 1. The van der Waals surface area contributed by atoms with Gasteiger partial charge in [0.15, 0.2) is 0 Å². The van der Waals surface area contributed by atoms with Gasteiger partial charge in [0.25, 0.3) is 0 Å². The third kappa shape index (κ3) is 5.92. The topological polar surface area (TPSA) is 85.8 Å². The molecule has 1 N–H and O–H groups in total. The van der Waals surface area contributed by atoms with E-state index in [1.165, 1.54) is 0 Å². The third-order valence-corrected chi connectivity index (χ3v) is 4.32. The highest BCUT2D eigenvalue weighted by Crippen LogP contribution is 2.19. The summed E-state index contributed by atoms with van der Waals surface area (Å²) >= 11 is 5.88. The van der Waals surface area contributed by atoms with Crippen LogP contribution in [0.15, 0.2) is 47.2 Å². The molecular weight excluding hydrogens is 366 g/mol. The first-order valence-corrected chi connectivity index (χ1v) is 9.30. The molecule has 3 rings (SSSR count). The molecular formula is C19H22ClN5O2. The zero-order chi connectivity index (χ0) is 19.1. The highest BCUT2D eigenvalue weighted by Gasteiger charge is 2.10. The lowest BCUT2D eigenvalue weighted by atomic mass is 10.1. The quantitative estimate of drug-likeness (QED) is 0.608. The summed E-state index contributed by atoms with van der Waals surface area (Å²) in [5.74, 6) is 1.39. The average Bonchev–Trinajstić information content (AvgIpc) is 3.33. The summed E-state index contributed by atoms with van der Waals surface area (Å²) in [4.78, 5) is 16.3. The second-order valence-corrected chi connectivity index (χ2v) is 6.95. The van der Waals surface area contributed by atoms with Crippen LogP contribution >= 0.6 is 11.6 Å². The molecule has 1 unspecified atom stereocenters. The fourth-order valence-corrected chi connectivity index (χ4v) is 2.77. The van der Waals surface area contributed by atoms with Crippen LogP contribution in [-0.4, -0.2) is 32.4 Å². The van der Waals surface area contributed by atoms with Gasteiger partial charge < -0.3 is 9.84 Å². The minimum Gasteiger partial charge on any atom is -0.356 e. The molecule has 27 heavy (non-hydrogen) atoms. The van der Waals surface area contributed by atoms with Crippen molar-refractivity contribution in [1.82, 2.24) is 25.2 Å². The van der Waals surface area contributed by atoms with Crippen molar-refractivity contribution in [2.24, 2.45) is 5.92 Å². The van der Waals surface area contributed by atoms with Gasteiger partial charge >= 0.3 is 0 Å². The van der Waals surface area contributed by atoms with Crippen molar-refractivity contribution in [2.45, 2.75) is 32.7 Å². The summed E-state index contributed by atoms with van der Waals surface area (Å²) in [6.07, 6.45) is 5.31. The molecule has 7 nitrogen and oxygen atoms in total. The Bertz CT molecular complexity index is 845. The smallest absolute Gasteiger partial charge is 0.226 e. The predicted octanol–water partition coefficient (Wildman–Crippen LogP) is 3.36. The summed E-state index contributed by atoms with van der Waals surface area (Å²) in [6.45, 7) is 3.49. The van der Waals surface area contributed by atoms with Crippen molar-refractivity contribution in [3.63, 3.8) is 0 Å². The average molecular weight is 388 g/mol. The van der Waals surface area contributed by atoms with Crippen molar-refractivity contribution in [2.75, 3.05) is 6.54 Å². The SMILES string of the molecule is CC(CNC(=O)CCCc1nc(-c2ccc(Cl)cc2)no1)Cn1cccn1. The number of nitrogens with one attached hydrogen (secondary N) is 1. The molecule has 3 aromatic rings. The maximum atomic E-state index is 12.0. The molecule has 2 heterocycles. The number of hydrogen-bond acceptors (Lipinski definition) is 5. The fraction of sp³-hybridized carbons (Fsp3) is 0.368. The van der Waals surface area contributed by atoms with E-state index in [0.29, 0.717) is 48.5 Å². The van der Waals surface area contributed by atoms with Crippen LogP contribution in [0, 0.1) is 5.92 Å². The van der Waals surface area contributed by atoms with Gasteiger partial charge in [0.2, 0.25) is 17.6 Å². The Kier molecular flexibility index (Phi) is 6.59. The van der Waals surface area contributed by atoms with Crippen LogP contribution in [0.1, 0.15) is 25.7 Å². The highest BCUT2D eigenvalue weighted by molar-refractivity contribution is 6.30. The fourth-order valence-electron chi connectivity index (χ4n) is 2.64. The van der Waals surface area contributed by atoms with Crippen molar-refractivity contribution >= 4 is 17.5 Å². The predicted molar refractivity (Wildman–Crippen MR) is 102 cm³/mol. The second-order valence-electron chi connectivity index (χ2n) is 6.51. The maximum Gasteiger partial charge on any atom is 0.226 e. The van der Waals surface area contributed by atoms with Crippen LogP contribution < -0.4 is 5.32 Å². The molecule has 8 heteroatoms. The lowest BCUT2D eigenvalue weighted by Crippen LogP contribution is -2.29. The van der Waals surface area contributed by atoms with Crippen molar-refractivity contribution in [3.05, 3.63) is 53.6 Å². The first-order valence-electron chi connectivity index (χ1n) is 8.93. The Balaban J connectivity index is 1.37.